The van der Waals surface area contributed by atoms with Gasteiger partial charge in [-0.2, -0.15) is 0 Å². The van der Waals surface area contributed by atoms with Gasteiger partial charge in [-0.3, -0.25) is 9.59 Å². The number of hydrogen-bond donors (Lipinski definition) is 1. The zero-order chi connectivity index (χ0) is 22.9. The number of nitrogens with zero attached hydrogens (tertiary/aromatic N) is 1. The van der Waals surface area contributed by atoms with Crippen molar-refractivity contribution >= 4 is 53.5 Å². The first-order chi connectivity index (χ1) is 15.5. The first-order valence-electron chi connectivity index (χ1n) is 12.2. The Morgan fingerprint density at radius 1 is 1.18 bits per heavy atom. The molecule has 4 atom stereocenters. The number of ether oxygens (including phenoxy) is 2. The molecule has 34 heavy (non-hydrogen) atoms. The van der Waals surface area contributed by atoms with Crippen LogP contribution in [-0.4, -0.2) is 35.5 Å². The van der Waals surface area contributed by atoms with Crippen LogP contribution in [0.4, 0.5) is 0 Å². The molecule has 3 rings (SSSR count). The Balaban J connectivity index is 0.00000289. The number of unbranched alkanes of at least 4 members (excludes halogenated alkanes) is 5. The second-order valence-corrected chi connectivity index (χ2v) is 10.0. The highest BCUT2D eigenvalue weighted by molar-refractivity contribution is 7.11. The van der Waals surface area contributed by atoms with Crippen molar-refractivity contribution in [2.75, 3.05) is 6.54 Å². The molecule has 2 N–H and O–H groups in total. The second-order valence-electron chi connectivity index (χ2n) is 9.18. The van der Waals surface area contributed by atoms with Crippen molar-refractivity contribution in [1.82, 2.24) is 4.98 Å². The molecule has 6 nitrogen and oxygen atoms in total. The van der Waals surface area contributed by atoms with Gasteiger partial charge in [0.15, 0.2) is 5.78 Å². The Labute approximate surface area is 220 Å². The number of hydrogen-bond acceptors (Lipinski definition) is 7. The summed E-state index contributed by atoms with van der Waals surface area (Å²) in [6.45, 7) is 4.79. The molecular weight excluding hydrogens is 495 g/mol. The van der Waals surface area contributed by atoms with Gasteiger partial charge in [-0.05, 0) is 45.1 Å². The fraction of sp³-hybridized carbons (Fsp3) is 0.720. The smallest absolute Gasteiger partial charge is 0.306 e. The number of rotatable bonds is 12. The van der Waals surface area contributed by atoms with Crippen molar-refractivity contribution in [3.63, 3.8) is 0 Å². The number of fused-ring (bicyclic) bond motifs is 1. The van der Waals surface area contributed by atoms with E-state index >= 15 is 0 Å². The second kappa shape index (κ2) is 15.8. The molecule has 0 saturated heterocycles. The van der Waals surface area contributed by atoms with Gasteiger partial charge in [0.1, 0.15) is 17.2 Å². The molecule has 1 fully saturated rings. The maximum absolute atomic E-state index is 13.3. The van der Waals surface area contributed by atoms with E-state index in [-0.39, 0.29) is 60.6 Å². The zero-order valence-electron chi connectivity index (χ0n) is 20.3. The van der Waals surface area contributed by atoms with Gasteiger partial charge in [0.25, 0.3) is 0 Å². The Hall–Kier alpha value is -1.15. The number of halogens is 2. The summed E-state index contributed by atoms with van der Waals surface area (Å²) < 4.78 is 12.0. The topological polar surface area (TPSA) is 91.5 Å². The largest absolute Gasteiger partial charge is 0.496 e. The average molecular weight is 536 g/mol. The van der Waals surface area contributed by atoms with Gasteiger partial charge in [-0.15, -0.1) is 36.2 Å². The molecule has 1 aromatic rings. The summed E-state index contributed by atoms with van der Waals surface area (Å²) in [5, 5.41) is 2.69. The van der Waals surface area contributed by atoms with Crippen LogP contribution in [0.5, 0.6) is 0 Å². The number of aromatic nitrogens is 1. The number of allylic oxidation sites excluding steroid dienone is 1. The van der Waals surface area contributed by atoms with Crippen LogP contribution in [0.1, 0.15) is 88.3 Å². The highest BCUT2D eigenvalue weighted by Gasteiger charge is 2.46. The zero-order valence-corrected chi connectivity index (χ0v) is 22.8. The Bertz CT molecular complexity index is 802. The number of thiazole rings is 1. The highest BCUT2D eigenvalue weighted by atomic mass is 35.5. The minimum atomic E-state index is -0.228. The normalized spacial score (nSPS) is 23.6. The molecule has 0 spiro atoms. The SMILES string of the molecule is CCCCCCC1CC2C(=O)C(c3nc(C)cs3)=COC2CC1OC(=O)CCCCCN.Cl.Cl. The van der Waals surface area contributed by atoms with Crippen molar-refractivity contribution in [2.45, 2.75) is 96.7 Å². The number of aryl methyl sites for hydroxylation is 1. The summed E-state index contributed by atoms with van der Waals surface area (Å²) >= 11 is 1.48. The lowest BCUT2D eigenvalue weighted by Crippen LogP contribution is -2.46. The molecule has 0 amide bonds. The lowest BCUT2D eigenvalue weighted by Gasteiger charge is -2.41. The Morgan fingerprint density at radius 3 is 2.62 bits per heavy atom. The van der Waals surface area contributed by atoms with Gasteiger partial charge in [-0.25, -0.2) is 4.98 Å². The summed E-state index contributed by atoms with van der Waals surface area (Å²) in [4.78, 5) is 30.3. The van der Waals surface area contributed by atoms with E-state index < -0.39 is 0 Å². The van der Waals surface area contributed by atoms with Crippen molar-refractivity contribution in [1.29, 1.82) is 0 Å². The number of nitrogens with two attached hydrogens (primary N) is 1. The molecule has 9 heteroatoms. The molecule has 0 aromatic carbocycles. The number of carbonyl (C=O) groups excluding carboxylic acids is 2. The average Bonchev–Trinajstić information content (AvgIpc) is 3.21. The van der Waals surface area contributed by atoms with Crippen LogP contribution in [0, 0.1) is 18.8 Å². The summed E-state index contributed by atoms with van der Waals surface area (Å²) in [7, 11) is 0. The van der Waals surface area contributed by atoms with Crippen LogP contribution in [0.25, 0.3) is 5.57 Å². The summed E-state index contributed by atoms with van der Waals surface area (Å²) in [5.41, 5.74) is 7.04. The minimum Gasteiger partial charge on any atom is -0.496 e. The molecule has 1 aliphatic heterocycles. The quantitative estimate of drug-likeness (QED) is 0.260. The Morgan fingerprint density at radius 2 is 1.94 bits per heavy atom. The van der Waals surface area contributed by atoms with Gasteiger partial charge in [0, 0.05) is 23.9 Å². The van der Waals surface area contributed by atoms with E-state index in [1.165, 1.54) is 30.6 Å². The van der Waals surface area contributed by atoms with Crippen LogP contribution in [0.2, 0.25) is 0 Å². The van der Waals surface area contributed by atoms with Crippen LogP contribution in [-0.2, 0) is 19.1 Å². The summed E-state index contributed by atoms with van der Waals surface area (Å²) in [6, 6.07) is 0. The lowest BCUT2D eigenvalue weighted by molar-refractivity contribution is -0.160. The van der Waals surface area contributed by atoms with Gasteiger partial charge in [0.2, 0.25) is 0 Å². The molecule has 1 saturated carbocycles. The number of esters is 1. The maximum Gasteiger partial charge on any atom is 0.306 e. The molecule has 194 valence electrons. The third-order valence-electron chi connectivity index (χ3n) is 6.60. The summed E-state index contributed by atoms with van der Waals surface area (Å²) in [6.07, 6.45) is 11.3. The van der Waals surface area contributed by atoms with E-state index in [0.717, 1.165) is 42.8 Å². The van der Waals surface area contributed by atoms with Crippen LogP contribution >= 0.6 is 36.2 Å². The third-order valence-corrected chi connectivity index (χ3v) is 7.60. The standard InChI is InChI=1S/C25H38N2O4S.2ClH/c1-3-4-5-7-10-18-13-19-22(14-21(18)31-23(28)11-8-6-9-12-26)30-15-20(24(19)29)25-27-17(2)16-32-25;;/h15-16,18-19,21-22H,3-14,26H2,1-2H3;2*1H. The predicted molar refractivity (Wildman–Crippen MR) is 142 cm³/mol. The van der Waals surface area contributed by atoms with Crippen molar-refractivity contribution in [2.24, 2.45) is 17.6 Å². The molecule has 0 radical (unpaired) electrons. The molecule has 4 unspecified atom stereocenters. The highest BCUT2D eigenvalue weighted by Crippen LogP contribution is 2.42. The van der Waals surface area contributed by atoms with Crippen molar-refractivity contribution in [3.8, 4) is 0 Å². The van der Waals surface area contributed by atoms with Crippen LogP contribution in [0.3, 0.4) is 0 Å². The van der Waals surface area contributed by atoms with E-state index in [0.29, 0.717) is 31.4 Å². The molecule has 2 aliphatic rings. The van der Waals surface area contributed by atoms with Crippen LogP contribution in [0.15, 0.2) is 11.6 Å². The minimum absolute atomic E-state index is 0. The van der Waals surface area contributed by atoms with Gasteiger partial charge in [0.05, 0.1) is 17.8 Å². The number of carbonyl (C=O) groups is 2. The summed E-state index contributed by atoms with van der Waals surface area (Å²) in [5.74, 6) is 0.00212. The fourth-order valence-electron chi connectivity index (χ4n) is 4.79. The molecule has 2 heterocycles. The molecule has 0 bridgehead atoms. The predicted octanol–water partition coefficient (Wildman–Crippen LogP) is 6.03. The lowest BCUT2D eigenvalue weighted by atomic mass is 9.72. The first kappa shape index (κ1) is 30.9. The van der Waals surface area contributed by atoms with Gasteiger partial charge >= 0.3 is 5.97 Å². The Kier molecular flexibility index (Phi) is 14.3. The van der Waals surface area contributed by atoms with E-state index in [1.807, 2.05) is 12.3 Å². The van der Waals surface area contributed by atoms with E-state index in [1.54, 1.807) is 6.26 Å². The van der Waals surface area contributed by atoms with E-state index in [4.69, 9.17) is 15.2 Å². The maximum atomic E-state index is 13.3. The molecule has 1 aliphatic carbocycles. The van der Waals surface area contributed by atoms with Crippen LogP contribution < -0.4 is 5.73 Å². The third kappa shape index (κ3) is 8.51. The molecule has 1 aromatic heterocycles. The van der Waals surface area contributed by atoms with E-state index in [2.05, 4.69) is 11.9 Å². The number of ketones is 1. The fourth-order valence-corrected chi connectivity index (χ4v) is 5.60. The monoisotopic (exact) mass is 534 g/mol. The van der Waals surface area contributed by atoms with Crippen molar-refractivity contribution < 1.29 is 19.1 Å². The van der Waals surface area contributed by atoms with Gasteiger partial charge in [-0.1, -0.05) is 39.0 Å². The van der Waals surface area contributed by atoms with Gasteiger partial charge < -0.3 is 15.2 Å². The van der Waals surface area contributed by atoms with E-state index in [9.17, 15) is 9.59 Å². The van der Waals surface area contributed by atoms with Crippen molar-refractivity contribution in [3.05, 3.63) is 22.3 Å². The number of Topliss-reactive ketones (excluding diaryl/α,β-unsaturated/α-hetero) is 1. The molecular formula is C25H40Cl2N2O4S. The first-order valence-corrected chi connectivity index (χ1v) is 13.1.